The van der Waals surface area contributed by atoms with Crippen molar-refractivity contribution in [2.75, 3.05) is 20.1 Å². The van der Waals surface area contributed by atoms with Crippen molar-refractivity contribution < 1.29 is 0 Å². The van der Waals surface area contributed by atoms with Crippen molar-refractivity contribution in [3.63, 3.8) is 0 Å². The third kappa shape index (κ3) is 3.12. The zero-order chi connectivity index (χ0) is 17.4. The van der Waals surface area contributed by atoms with Gasteiger partial charge in [-0.3, -0.25) is 0 Å². The Morgan fingerprint density at radius 1 is 1.04 bits per heavy atom. The van der Waals surface area contributed by atoms with Gasteiger partial charge in [0.05, 0.1) is 5.52 Å². The van der Waals surface area contributed by atoms with Gasteiger partial charge in [-0.25, -0.2) is 0 Å². The molecule has 0 saturated heterocycles. The molecule has 0 unspecified atom stereocenters. The standard InChI is InChI=1S/C22H23ClN2/c1-16(17-6-4-3-5-7-17)15-25-21-9-8-18(23)14-20(21)19-10-12-24(2)13-11-22(19)25/h3-9,14-15H,10-13H2,1-2H3/b16-15+. The summed E-state index contributed by atoms with van der Waals surface area (Å²) in [6, 6.07) is 16.9. The molecule has 2 heterocycles. The predicted octanol–water partition coefficient (Wildman–Crippen LogP) is 5.34. The lowest BCUT2D eigenvalue weighted by Gasteiger charge is -2.13. The van der Waals surface area contributed by atoms with E-state index in [4.69, 9.17) is 11.6 Å². The van der Waals surface area contributed by atoms with E-state index in [1.807, 2.05) is 6.07 Å². The van der Waals surface area contributed by atoms with E-state index in [1.54, 1.807) is 0 Å². The molecular weight excluding hydrogens is 328 g/mol. The van der Waals surface area contributed by atoms with E-state index in [-0.39, 0.29) is 0 Å². The Kier molecular flexibility index (Phi) is 4.41. The summed E-state index contributed by atoms with van der Waals surface area (Å²) < 4.78 is 2.39. The number of hydrogen-bond acceptors (Lipinski definition) is 1. The minimum atomic E-state index is 0.814. The van der Waals surface area contributed by atoms with Gasteiger partial charge in [0.2, 0.25) is 0 Å². The lowest BCUT2D eigenvalue weighted by Crippen LogP contribution is -2.21. The molecular formula is C22H23ClN2. The number of rotatable bonds is 2. The third-order valence-electron chi connectivity index (χ3n) is 5.21. The highest BCUT2D eigenvalue weighted by atomic mass is 35.5. The molecule has 128 valence electrons. The van der Waals surface area contributed by atoms with Gasteiger partial charge in [-0.1, -0.05) is 41.9 Å². The van der Waals surface area contributed by atoms with Crippen LogP contribution in [-0.2, 0) is 12.8 Å². The molecule has 0 bridgehead atoms. The molecule has 1 aromatic heterocycles. The van der Waals surface area contributed by atoms with Crippen LogP contribution in [0.25, 0.3) is 22.7 Å². The summed E-state index contributed by atoms with van der Waals surface area (Å²) >= 11 is 6.31. The van der Waals surface area contributed by atoms with E-state index < -0.39 is 0 Å². The van der Waals surface area contributed by atoms with Crippen molar-refractivity contribution in [2.45, 2.75) is 19.8 Å². The Labute approximate surface area is 154 Å². The van der Waals surface area contributed by atoms with E-state index in [2.05, 4.69) is 72.1 Å². The maximum absolute atomic E-state index is 6.31. The van der Waals surface area contributed by atoms with Gasteiger partial charge in [-0.05, 0) is 55.3 Å². The molecule has 0 radical (unpaired) electrons. The lowest BCUT2D eigenvalue weighted by molar-refractivity contribution is 0.351. The van der Waals surface area contributed by atoms with E-state index in [1.165, 1.54) is 33.3 Å². The van der Waals surface area contributed by atoms with Crippen LogP contribution in [0.1, 0.15) is 23.7 Å². The fourth-order valence-corrected chi connectivity index (χ4v) is 3.96. The monoisotopic (exact) mass is 350 g/mol. The molecule has 3 heteroatoms. The summed E-state index contributed by atoms with van der Waals surface area (Å²) in [4.78, 5) is 2.41. The Hall–Kier alpha value is -2.03. The molecule has 25 heavy (non-hydrogen) atoms. The normalized spacial score (nSPS) is 16.0. The number of nitrogens with zero attached hydrogens (tertiary/aromatic N) is 2. The van der Waals surface area contributed by atoms with Gasteiger partial charge in [0, 0.05) is 41.8 Å². The summed E-state index contributed by atoms with van der Waals surface area (Å²) in [6.07, 6.45) is 4.43. The Morgan fingerprint density at radius 2 is 1.80 bits per heavy atom. The molecule has 0 atom stereocenters. The van der Waals surface area contributed by atoms with Gasteiger partial charge in [0.1, 0.15) is 0 Å². The van der Waals surface area contributed by atoms with Crippen LogP contribution in [-0.4, -0.2) is 29.6 Å². The largest absolute Gasteiger partial charge is 0.320 e. The van der Waals surface area contributed by atoms with Crippen LogP contribution in [0.4, 0.5) is 0 Å². The summed E-state index contributed by atoms with van der Waals surface area (Å²) in [5, 5.41) is 2.11. The van der Waals surface area contributed by atoms with Crippen LogP contribution in [0, 0.1) is 0 Å². The van der Waals surface area contributed by atoms with E-state index >= 15 is 0 Å². The molecule has 0 spiro atoms. The zero-order valence-electron chi connectivity index (χ0n) is 14.8. The average Bonchev–Trinajstić information content (AvgIpc) is 2.76. The smallest absolute Gasteiger partial charge is 0.0529 e. The van der Waals surface area contributed by atoms with Crippen molar-refractivity contribution in [3.8, 4) is 0 Å². The molecule has 4 rings (SSSR count). The summed E-state index contributed by atoms with van der Waals surface area (Å²) in [5.41, 5.74) is 6.68. The highest BCUT2D eigenvalue weighted by molar-refractivity contribution is 6.31. The number of likely N-dealkylation sites (N-methyl/N-ethyl adjacent to an activating group) is 1. The SMILES string of the molecule is C/C(=C\n1c2c(c3cc(Cl)ccc31)CCN(C)CC2)c1ccccc1. The lowest BCUT2D eigenvalue weighted by atomic mass is 10.1. The van der Waals surface area contributed by atoms with Gasteiger partial charge in [-0.2, -0.15) is 0 Å². The summed E-state index contributed by atoms with van der Waals surface area (Å²) in [7, 11) is 2.20. The molecule has 3 aromatic rings. The average molecular weight is 351 g/mol. The molecule has 0 N–H and O–H groups in total. The van der Waals surface area contributed by atoms with Crippen LogP contribution in [0.5, 0.6) is 0 Å². The maximum atomic E-state index is 6.31. The van der Waals surface area contributed by atoms with Crippen molar-refractivity contribution in [1.82, 2.24) is 9.47 Å². The summed E-state index contributed by atoms with van der Waals surface area (Å²) in [5.74, 6) is 0. The topological polar surface area (TPSA) is 8.17 Å². The maximum Gasteiger partial charge on any atom is 0.0529 e. The van der Waals surface area contributed by atoms with Crippen LogP contribution in [0.3, 0.4) is 0 Å². The third-order valence-corrected chi connectivity index (χ3v) is 5.44. The first-order valence-electron chi connectivity index (χ1n) is 8.87. The van der Waals surface area contributed by atoms with E-state index in [9.17, 15) is 0 Å². The first-order chi connectivity index (χ1) is 12.1. The second kappa shape index (κ2) is 6.70. The van der Waals surface area contributed by atoms with Gasteiger partial charge in [-0.15, -0.1) is 0 Å². The molecule has 0 amide bonds. The van der Waals surface area contributed by atoms with E-state index in [0.717, 1.165) is 31.0 Å². The van der Waals surface area contributed by atoms with Crippen molar-refractivity contribution in [3.05, 3.63) is 70.4 Å². The van der Waals surface area contributed by atoms with Gasteiger partial charge in [0.25, 0.3) is 0 Å². The number of fused-ring (bicyclic) bond motifs is 3. The summed E-state index contributed by atoms with van der Waals surface area (Å²) in [6.45, 7) is 4.38. The van der Waals surface area contributed by atoms with Gasteiger partial charge < -0.3 is 9.47 Å². The fraction of sp³-hybridized carbons (Fsp3) is 0.273. The second-order valence-corrected chi connectivity index (χ2v) is 7.37. The Morgan fingerprint density at radius 3 is 2.60 bits per heavy atom. The minimum absolute atomic E-state index is 0.814. The molecule has 0 aliphatic carbocycles. The molecule has 0 fully saturated rings. The second-order valence-electron chi connectivity index (χ2n) is 6.94. The molecule has 2 aromatic carbocycles. The Bertz CT molecular complexity index is 938. The van der Waals surface area contributed by atoms with Crippen molar-refractivity contribution >= 4 is 34.3 Å². The first kappa shape index (κ1) is 16.4. The number of benzene rings is 2. The van der Waals surface area contributed by atoms with Gasteiger partial charge >= 0.3 is 0 Å². The van der Waals surface area contributed by atoms with Crippen LogP contribution >= 0.6 is 11.6 Å². The fourth-order valence-electron chi connectivity index (χ4n) is 3.78. The van der Waals surface area contributed by atoms with Crippen LogP contribution in [0.2, 0.25) is 5.02 Å². The zero-order valence-corrected chi connectivity index (χ0v) is 15.6. The molecule has 1 aliphatic rings. The minimum Gasteiger partial charge on any atom is -0.320 e. The quantitative estimate of drug-likeness (QED) is 0.605. The molecule has 2 nitrogen and oxygen atoms in total. The number of hydrogen-bond donors (Lipinski definition) is 0. The van der Waals surface area contributed by atoms with Crippen LogP contribution < -0.4 is 0 Å². The highest BCUT2D eigenvalue weighted by Gasteiger charge is 2.20. The first-order valence-corrected chi connectivity index (χ1v) is 9.25. The Balaban J connectivity index is 1.91. The number of halogens is 1. The van der Waals surface area contributed by atoms with Crippen LogP contribution in [0.15, 0.2) is 48.5 Å². The highest BCUT2D eigenvalue weighted by Crippen LogP contribution is 2.32. The van der Waals surface area contributed by atoms with Gasteiger partial charge in [0.15, 0.2) is 0 Å². The van der Waals surface area contributed by atoms with Crippen molar-refractivity contribution in [2.24, 2.45) is 0 Å². The number of aromatic nitrogens is 1. The molecule has 1 aliphatic heterocycles. The molecule has 0 saturated carbocycles. The predicted molar refractivity (Wildman–Crippen MR) is 108 cm³/mol. The van der Waals surface area contributed by atoms with E-state index in [0.29, 0.717) is 0 Å². The van der Waals surface area contributed by atoms with Crippen molar-refractivity contribution in [1.29, 1.82) is 0 Å². The number of allylic oxidation sites excluding steroid dienone is 1.